The summed E-state index contributed by atoms with van der Waals surface area (Å²) in [6.45, 7) is 7.28. The third-order valence-corrected chi connectivity index (χ3v) is 9.49. The highest BCUT2D eigenvalue weighted by Gasteiger charge is 2.38. The van der Waals surface area contributed by atoms with Crippen molar-refractivity contribution in [1.82, 2.24) is 20.9 Å². The summed E-state index contributed by atoms with van der Waals surface area (Å²) in [5.74, 6) is -2.33. The van der Waals surface area contributed by atoms with Crippen LogP contribution in [0, 0.1) is 0 Å². The summed E-state index contributed by atoms with van der Waals surface area (Å²) in [6.07, 6.45) is 0.990. The van der Waals surface area contributed by atoms with E-state index in [1.807, 2.05) is 136 Å². The topological polar surface area (TPSA) is 165 Å². The molecule has 0 aliphatic carbocycles. The van der Waals surface area contributed by atoms with Gasteiger partial charge >= 0.3 is 5.97 Å². The number of nitrogens with two attached hydrogens (primary N) is 1. The minimum atomic E-state index is -1.21. The first-order valence-electron chi connectivity index (χ1n) is 18.5. The lowest BCUT2D eigenvalue weighted by Gasteiger charge is -2.37. The normalized spacial score (nSPS) is 13.9. The van der Waals surface area contributed by atoms with Gasteiger partial charge in [-0.25, -0.2) is 4.79 Å². The minimum Gasteiger partial charge on any atom is -0.467 e. The monoisotopic (exact) mass is 745 g/mol. The smallest absolute Gasteiger partial charge is 0.328 e. The zero-order chi connectivity index (χ0) is 39.6. The van der Waals surface area contributed by atoms with E-state index in [1.165, 1.54) is 7.11 Å². The number of benzene rings is 4. The number of nitrogens with one attached hydrogen (secondary N) is 4. The Kier molecular flexibility index (Phi) is 13.2. The summed E-state index contributed by atoms with van der Waals surface area (Å²) in [6, 6.07) is 33.2. The summed E-state index contributed by atoms with van der Waals surface area (Å²) >= 11 is 0. The molecular formula is C44H51N5O6. The number of methoxy groups -OCH3 is 1. The van der Waals surface area contributed by atoms with Crippen molar-refractivity contribution in [2.75, 3.05) is 7.11 Å². The largest absolute Gasteiger partial charge is 0.467 e. The Balaban J connectivity index is 1.39. The van der Waals surface area contributed by atoms with Gasteiger partial charge in [0, 0.05) is 29.9 Å². The van der Waals surface area contributed by atoms with Crippen LogP contribution in [0.15, 0.2) is 121 Å². The number of rotatable bonds is 16. The molecule has 0 aliphatic heterocycles. The van der Waals surface area contributed by atoms with E-state index in [1.54, 1.807) is 13.1 Å². The van der Waals surface area contributed by atoms with Crippen LogP contribution >= 0.6 is 0 Å². The van der Waals surface area contributed by atoms with E-state index in [0.29, 0.717) is 0 Å². The maximum Gasteiger partial charge on any atom is 0.328 e. The number of ether oxygens (including phenoxy) is 2. The number of aromatic nitrogens is 1. The molecule has 0 saturated carbocycles. The predicted octanol–water partition coefficient (Wildman–Crippen LogP) is 5.27. The molecule has 5 rings (SSSR count). The first kappa shape index (κ1) is 40.4. The highest BCUT2D eigenvalue weighted by molar-refractivity contribution is 5.93. The third-order valence-electron chi connectivity index (χ3n) is 9.49. The molecule has 4 atom stereocenters. The van der Waals surface area contributed by atoms with Crippen molar-refractivity contribution in [1.29, 1.82) is 0 Å². The Morgan fingerprint density at radius 1 is 0.727 bits per heavy atom. The molecule has 6 N–H and O–H groups in total. The van der Waals surface area contributed by atoms with Gasteiger partial charge < -0.3 is 36.1 Å². The van der Waals surface area contributed by atoms with Gasteiger partial charge in [-0.05, 0) is 62.4 Å². The summed E-state index contributed by atoms with van der Waals surface area (Å²) < 4.78 is 11.0. The van der Waals surface area contributed by atoms with Crippen LogP contribution < -0.4 is 21.7 Å². The average Bonchev–Trinajstić information content (AvgIpc) is 3.60. The van der Waals surface area contributed by atoms with E-state index in [4.69, 9.17) is 15.2 Å². The maximum absolute atomic E-state index is 14.1. The molecule has 0 bridgehead atoms. The molecule has 0 aliphatic rings. The van der Waals surface area contributed by atoms with Crippen LogP contribution in [-0.4, -0.2) is 65.6 Å². The van der Waals surface area contributed by atoms with Crippen molar-refractivity contribution in [3.8, 4) is 0 Å². The van der Waals surface area contributed by atoms with Crippen molar-refractivity contribution in [3.63, 3.8) is 0 Å². The number of esters is 1. The second-order valence-electron chi connectivity index (χ2n) is 14.6. The zero-order valence-corrected chi connectivity index (χ0v) is 32.0. The summed E-state index contributed by atoms with van der Waals surface area (Å²) in [5.41, 5.74) is 8.86. The average molecular weight is 746 g/mol. The van der Waals surface area contributed by atoms with Gasteiger partial charge in [-0.3, -0.25) is 14.4 Å². The molecule has 5 aromatic rings. The van der Waals surface area contributed by atoms with Gasteiger partial charge in [0.05, 0.1) is 18.8 Å². The van der Waals surface area contributed by atoms with Gasteiger partial charge in [-0.2, -0.15) is 0 Å². The Morgan fingerprint density at radius 3 is 1.76 bits per heavy atom. The van der Waals surface area contributed by atoms with Gasteiger partial charge in [0.25, 0.3) is 0 Å². The number of carbonyl (C=O) groups is 4. The van der Waals surface area contributed by atoms with Gasteiger partial charge in [0.2, 0.25) is 17.7 Å². The molecule has 288 valence electrons. The Hall–Kier alpha value is -5.78. The van der Waals surface area contributed by atoms with Crippen molar-refractivity contribution in [2.24, 2.45) is 5.73 Å². The fourth-order valence-electron chi connectivity index (χ4n) is 6.83. The number of para-hydroxylation sites is 1. The number of carbonyl (C=O) groups excluding carboxylic acids is 4. The second-order valence-corrected chi connectivity index (χ2v) is 14.6. The molecule has 1 unspecified atom stereocenters. The molecule has 0 saturated heterocycles. The number of hydrogen-bond donors (Lipinski definition) is 5. The van der Waals surface area contributed by atoms with Crippen molar-refractivity contribution < 1.29 is 28.7 Å². The van der Waals surface area contributed by atoms with Crippen LogP contribution in [0.25, 0.3) is 10.9 Å². The molecule has 1 heterocycles. The zero-order valence-electron chi connectivity index (χ0n) is 32.0. The van der Waals surface area contributed by atoms with Crippen LogP contribution in [-0.2, 0) is 40.6 Å². The highest BCUT2D eigenvalue weighted by Crippen LogP contribution is 2.37. The molecule has 3 amide bonds. The second kappa shape index (κ2) is 18.0. The maximum atomic E-state index is 14.1. The van der Waals surface area contributed by atoms with E-state index in [2.05, 4.69) is 20.9 Å². The molecule has 55 heavy (non-hydrogen) atoms. The number of fused-ring (bicyclic) bond motifs is 1. The molecule has 0 radical (unpaired) electrons. The molecule has 4 aromatic carbocycles. The van der Waals surface area contributed by atoms with Crippen LogP contribution in [0.2, 0.25) is 0 Å². The van der Waals surface area contributed by atoms with Gasteiger partial charge in [0.15, 0.2) is 0 Å². The summed E-state index contributed by atoms with van der Waals surface area (Å²) in [5, 5.41) is 9.73. The number of hydrogen-bond acceptors (Lipinski definition) is 7. The van der Waals surface area contributed by atoms with E-state index in [9.17, 15) is 19.2 Å². The quantitative estimate of drug-likeness (QED) is 0.0678. The fraction of sp³-hybridized carbons (Fsp3) is 0.318. The third kappa shape index (κ3) is 10.1. The summed E-state index contributed by atoms with van der Waals surface area (Å²) in [4.78, 5) is 58.1. The Morgan fingerprint density at radius 2 is 1.24 bits per heavy atom. The molecular weight excluding hydrogens is 695 g/mol. The highest BCUT2D eigenvalue weighted by atomic mass is 16.5. The molecule has 1 aromatic heterocycles. The van der Waals surface area contributed by atoms with Crippen molar-refractivity contribution in [2.45, 2.75) is 82.3 Å². The lowest BCUT2D eigenvalue weighted by Crippen LogP contribution is -2.57. The minimum absolute atomic E-state index is 0.0809. The van der Waals surface area contributed by atoms with E-state index >= 15 is 0 Å². The lowest BCUT2D eigenvalue weighted by atomic mass is 9.77. The van der Waals surface area contributed by atoms with Crippen LogP contribution in [0.1, 0.15) is 62.8 Å². The van der Waals surface area contributed by atoms with Gasteiger partial charge in [0.1, 0.15) is 23.7 Å². The number of amides is 3. The fourth-order valence-corrected chi connectivity index (χ4v) is 6.83. The van der Waals surface area contributed by atoms with Crippen LogP contribution in [0.4, 0.5) is 0 Å². The first-order chi connectivity index (χ1) is 26.3. The lowest BCUT2D eigenvalue weighted by molar-refractivity contribution is -0.145. The molecule has 0 spiro atoms. The van der Waals surface area contributed by atoms with Crippen LogP contribution in [0.3, 0.4) is 0 Å². The first-order valence-corrected chi connectivity index (χ1v) is 18.5. The summed E-state index contributed by atoms with van der Waals surface area (Å²) in [7, 11) is 1.22. The van der Waals surface area contributed by atoms with Gasteiger partial charge in [-0.1, -0.05) is 109 Å². The number of aromatic amines is 1. The van der Waals surface area contributed by atoms with Gasteiger partial charge in [-0.15, -0.1) is 0 Å². The van der Waals surface area contributed by atoms with E-state index in [0.717, 1.165) is 33.2 Å². The Bertz CT molecular complexity index is 1950. The molecule has 11 heteroatoms. The van der Waals surface area contributed by atoms with Crippen molar-refractivity contribution in [3.05, 3.63) is 144 Å². The Labute approximate surface area is 322 Å². The standard InChI is InChI=1S/C44H51N5O6/c1-29(55-43(2,3)4)39(45)41(52)48-37(27-30-28-46-35-24-16-15-23-34(30)35)40(51)47-36(42(53)54-5)25-26-38(50)49-44(31-17-9-6-10-18-31,32-19-11-7-12-20-32)33-21-13-8-14-22-33/h6-24,28-29,36-37,39,46H,25-27,45H2,1-5H3,(H,47,51)(H,48,52)(H,49,50)/t29-,36+,37?,39+/m1/s1. The predicted molar refractivity (Wildman–Crippen MR) is 213 cm³/mol. The SMILES string of the molecule is COC(=O)[C@H](CCC(=O)NC(c1ccccc1)(c1ccccc1)c1ccccc1)NC(=O)C(Cc1c[nH]c2ccccc12)NC(=O)[C@@H](N)[C@@H](C)OC(C)(C)C. The molecule has 0 fully saturated rings. The number of H-pyrrole nitrogens is 1. The van der Waals surface area contributed by atoms with Crippen LogP contribution in [0.5, 0.6) is 0 Å². The van der Waals surface area contributed by atoms with E-state index < -0.39 is 53.2 Å². The molecule has 11 nitrogen and oxygen atoms in total. The van der Waals surface area contributed by atoms with Crippen molar-refractivity contribution >= 4 is 34.6 Å². The van der Waals surface area contributed by atoms with E-state index in [-0.39, 0.29) is 25.2 Å².